The summed E-state index contributed by atoms with van der Waals surface area (Å²) in [7, 11) is 0. The van der Waals surface area contributed by atoms with Crippen LogP contribution in [0, 0.1) is 82.8 Å². The number of nitrogens with zero attached hydrogens (tertiary/aromatic N) is 3. The standard InChI is InChI=1S/3NO3.5H2O.Tm/c3*2-1(3)4;;;;;;/h;;;5*1H2;/q3*-1;;;;;;+3. The molecular formula is H10N3O14Tm. The maximum Gasteiger partial charge on any atom is 3.00 e. The molecule has 18 heteroatoms. The molecule has 0 aliphatic carbocycles. The maximum absolute atomic E-state index is 8.25. The molecule has 0 aromatic heterocycles. The van der Waals surface area contributed by atoms with Crippen molar-refractivity contribution in [2.75, 3.05) is 0 Å². The molecule has 0 saturated carbocycles. The van der Waals surface area contributed by atoms with Crippen LogP contribution in [0.5, 0.6) is 0 Å². The number of hydrogen-bond donors (Lipinski definition) is 0. The van der Waals surface area contributed by atoms with Gasteiger partial charge in [-0.2, -0.15) is 0 Å². The van der Waals surface area contributed by atoms with Gasteiger partial charge in [-0.25, -0.2) is 0 Å². The Labute approximate surface area is 125 Å². The first kappa shape index (κ1) is 69.8. The van der Waals surface area contributed by atoms with Gasteiger partial charge >= 0.3 is 36.9 Å². The van der Waals surface area contributed by atoms with Crippen LogP contribution in [-0.2, 0) is 0 Å². The van der Waals surface area contributed by atoms with Crippen molar-refractivity contribution < 1.29 is 79.5 Å². The zero-order valence-corrected chi connectivity index (χ0v) is 9.57. The Hall–Kier alpha value is -1.37. The summed E-state index contributed by atoms with van der Waals surface area (Å²) in [6.45, 7) is 0. The Balaban J connectivity index is -0.00000000827. The Morgan fingerprint density at radius 1 is 0.444 bits per heavy atom. The topological polar surface area (TPSA) is 356 Å². The quantitative estimate of drug-likeness (QED) is 0.254. The molecule has 0 spiro atoms. The molecule has 0 radical (unpaired) electrons. The monoisotopic (exact) mass is 445 g/mol. The molecule has 0 aliphatic rings. The Kier molecular flexibility index (Phi) is 223. The smallest absolute Gasteiger partial charge is 0.412 e. The molecule has 0 bridgehead atoms. The zero-order valence-electron chi connectivity index (χ0n) is 7.79. The number of hydrogen-bond acceptors (Lipinski definition) is 9. The molecular weight excluding hydrogens is 435 g/mol. The number of rotatable bonds is 0. The Bertz CT molecular complexity index is 115. The normalized spacial score (nSPS) is 4.00. The predicted octanol–water partition coefficient (Wildman–Crippen LogP) is -4.84. The van der Waals surface area contributed by atoms with E-state index in [1.54, 1.807) is 0 Å². The van der Waals surface area contributed by atoms with E-state index in [4.69, 9.17) is 46.0 Å². The van der Waals surface area contributed by atoms with E-state index in [1.807, 2.05) is 0 Å². The van der Waals surface area contributed by atoms with Gasteiger partial charge in [0.05, 0.1) is 15.3 Å². The van der Waals surface area contributed by atoms with E-state index < -0.39 is 15.3 Å². The van der Waals surface area contributed by atoms with E-state index in [-0.39, 0.29) is 64.3 Å². The van der Waals surface area contributed by atoms with Crippen LogP contribution in [0.25, 0.3) is 0 Å². The van der Waals surface area contributed by atoms with Gasteiger partial charge in [0.15, 0.2) is 0 Å². The van der Waals surface area contributed by atoms with E-state index in [2.05, 4.69) is 0 Å². The van der Waals surface area contributed by atoms with Gasteiger partial charge in [-0.05, 0) is 0 Å². The van der Waals surface area contributed by atoms with Gasteiger partial charge in [0.2, 0.25) is 0 Å². The average molecular weight is 445 g/mol. The van der Waals surface area contributed by atoms with E-state index in [0.29, 0.717) is 0 Å². The molecule has 0 fully saturated rings. The molecule has 0 atom stereocenters. The summed E-state index contributed by atoms with van der Waals surface area (Å²) < 4.78 is 0. The van der Waals surface area contributed by atoms with Gasteiger partial charge < -0.3 is 73.3 Å². The van der Waals surface area contributed by atoms with Gasteiger partial charge in [0.1, 0.15) is 0 Å². The maximum atomic E-state index is 8.25. The third-order valence-electron chi connectivity index (χ3n) is 0. The summed E-state index contributed by atoms with van der Waals surface area (Å²) in [6, 6.07) is 0. The first-order valence-electron chi connectivity index (χ1n) is 1.64. The van der Waals surface area contributed by atoms with E-state index in [1.165, 1.54) is 0 Å². The minimum absolute atomic E-state index is 0. The first-order valence-corrected chi connectivity index (χ1v) is 1.64. The van der Waals surface area contributed by atoms with Crippen LogP contribution in [0.4, 0.5) is 0 Å². The summed E-state index contributed by atoms with van der Waals surface area (Å²) in [5.74, 6) is 0. The van der Waals surface area contributed by atoms with Crippen molar-refractivity contribution in [3.63, 3.8) is 0 Å². The molecule has 0 rings (SSSR count). The molecule has 0 saturated heterocycles. The predicted molar refractivity (Wildman–Crippen MR) is 49.2 cm³/mol. The van der Waals surface area contributed by atoms with Crippen molar-refractivity contribution in [2.24, 2.45) is 0 Å². The van der Waals surface area contributed by atoms with Crippen LogP contribution in [0.1, 0.15) is 0 Å². The molecule has 0 unspecified atom stereocenters. The van der Waals surface area contributed by atoms with Crippen LogP contribution >= 0.6 is 0 Å². The largest absolute Gasteiger partial charge is 3.00 e. The minimum atomic E-state index is -1.75. The van der Waals surface area contributed by atoms with Crippen molar-refractivity contribution in [3.8, 4) is 0 Å². The second kappa shape index (κ2) is 57.5. The van der Waals surface area contributed by atoms with Crippen molar-refractivity contribution in [1.82, 2.24) is 0 Å². The summed E-state index contributed by atoms with van der Waals surface area (Å²) in [5.41, 5.74) is 0. The van der Waals surface area contributed by atoms with Crippen molar-refractivity contribution >= 4 is 0 Å². The Morgan fingerprint density at radius 2 is 0.444 bits per heavy atom. The van der Waals surface area contributed by atoms with E-state index in [9.17, 15) is 0 Å². The van der Waals surface area contributed by atoms with Crippen LogP contribution in [0.3, 0.4) is 0 Å². The molecule has 0 heterocycles. The fraction of sp³-hybridized carbons (Fsp3) is 0. The third kappa shape index (κ3) is 1460. The second-order valence-electron chi connectivity index (χ2n) is 0.671. The molecule has 0 aromatic rings. The second-order valence-corrected chi connectivity index (χ2v) is 0.671. The Morgan fingerprint density at radius 3 is 0.444 bits per heavy atom. The van der Waals surface area contributed by atoms with Gasteiger partial charge in [0.25, 0.3) is 0 Å². The van der Waals surface area contributed by atoms with Crippen LogP contribution in [0.15, 0.2) is 0 Å². The molecule has 10 N–H and O–H groups in total. The van der Waals surface area contributed by atoms with Gasteiger partial charge in [-0.1, -0.05) is 0 Å². The van der Waals surface area contributed by atoms with Crippen LogP contribution < -0.4 is 0 Å². The van der Waals surface area contributed by atoms with E-state index >= 15 is 0 Å². The average Bonchev–Trinajstić information content (AvgIpc) is 1.54. The molecule has 0 amide bonds. The first-order chi connectivity index (χ1) is 5.20. The molecule has 122 valence electrons. The van der Waals surface area contributed by atoms with Gasteiger partial charge in [0, 0.05) is 0 Å². The van der Waals surface area contributed by atoms with Crippen LogP contribution in [-0.4, -0.2) is 42.6 Å². The molecule has 17 nitrogen and oxygen atoms in total. The van der Waals surface area contributed by atoms with Crippen molar-refractivity contribution in [2.45, 2.75) is 0 Å². The molecule has 0 aliphatic heterocycles. The van der Waals surface area contributed by atoms with Gasteiger partial charge in [-0.3, -0.25) is 0 Å². The SMILES string of the molecule is O.O.O.O.O.O=[N+]([O-])[O-].O=[N+]([O-])[O-].O=[N+]([O-])[O-].[Tm+3]. The zero-order chi connectivity index (χ0) is 10.7. The fourth-order valence-corrected chi connectivity index (χ4v) is 0. The molecule has 0 aromatic carbocycles. The summed E-state index contributed by atoms with van der Waals surface area (Å²) >= 11 is 0. The summed E-state index contributed by atoms with van der Waals surface area (Å²) in [6.07, 6.45) is 0. The van der Waals surface area contributed by atoms with E-state index in [0.717, 1.165) is 0 Å². The van der Waals surface area contributed by atoms with Crippen LogP contribution in [0.2, 0.25) is 0 Å². The third-order valence-corrected chi connectivity index (χ3v) is 0. The fourth-order valence-electron chi connectivity index (χ4n) is 0. The van der Waals surface area contributed by atoms with Gasteiger partial charge in [-0.15, -0.1) is 0 Å². The van der Waals surface area contributed by atoms with Crippen molar-refractivity contribution in [1.29, 1.82) is 0 Å². The summed E-state index contributed by atoms with van der Waals surface area (Å²) in [4.78, 5) is 24.8. The summed E-state index contributed by atoms with van der Waals surface area (Å²) in [5, 5.41) is 44.2. The molecule has 18 heavy (non-hydrogen) atoms. The van der Waals surface area contributed by atoms with Crippen molar-refractivity contribution in [3.05, 3.63) is 46.0 Å². The minimum Gasteiger partial charge on any atom is -0.412 e.